The third-order valence-electron chi connectivity index (χ3n) is 2.66. The molecule has 0 aliphatic carbocycles. The van der Waals surface area contributed by atoms with Crippen LogP contribution >= 0.6 is 0 Å². The van der Waals surface area contributed by atoms with Crippen molar-refractivity contribution in [1.82, 2.24) is 4.57 Å². The van der Waals surface area contributed by atoms with E-state index in [1.54, 1.807) is 7.05 Å². The van der Waals surface area contributed by atoms with Crippen molar-refractivity contribution in [3.05, 3.63) is 34.3 Å². The number of oxazole rings is 1. The number of rotatable bonds is 0. The maximum Gasteiger partial charge on any atom is 0.419 e. The highest BCUT2D eigenvalue weighted by Crippen LogP contribution is 2.25. The molecule has 2 rings (SSSR count). The number of hydrogen-bond donors (Lipinski definition) is 0. The normalized spacial score (nSPS) is 12.3. The number of benzene rings is 1. The van der Waals surface area contributed by atoms with Crippen LogP contribution in [0.15, 0.2) is 27.4 Å². The van der Waals surface area contributed by atoms with Crippen LogP contribution in [0.2, 0.25) is 0 Å². The fraction of sp³-hybridized carbons (Fsp3) is 0.417. The lowest BCUT2D eigenvalue weighted by Gasteiger charge is -2.18. The van der Waals surface area contributed by atoms with Crippen molar-refractivity contribution in [2.45, 2.75) is 26.2 Å². The minimum absolute atomic E-state index is 0.0848. The third-order valence-corrected chi connectivity index (χ3v) is 2.66. The second-order valence-electron chi connectivity index (χ2n) is 4.86. The molecule has 3 nitrogen and oxygen atoms in total. The number of nitrogens with zero attached hydrogens (tertiary/aromatic N) is 1. The van der Waals surface area contributed by atoms with Crippen LogP contribution in [0, 0.1) is 0 Å². The van der Waals surface area contributed by atoms with E-state index in [1.807, 2.05) is 18.2 Å². The highest BCUT2D eigenvalue weighted by Gasteiger charge is 2.15. The van der Waals surface area contributed by atoms with Gasteiger partial charge < -0.3 is 4.42 Å². The topological polar surface area (TPSA) is 35.1 Å². The van der Waals surface area contributed by atoms with Crippen molar-refractivity contribution in [3.63, 3.8) is 0 Å². The Kier molecular flexibility index (Phi) is 2.00. The zero-order valence-corrected chi connectivity index (χ0v) is 9.50. The number of fused-ring (bicyclic) bond motifs is 1. The average molecular weight is 205 g/mol. The smallest absolute Gasteiger partial charge is 0.408 e. The van der Waals surface area contributed by atoms with E-state index in [0.717, 1.165) is 5.52 Å². The molecule has 0 aliphatic rings. The van der Waals surface area contributed by atoms with Crippen LogP contribution in [0.25, 0.3) is 11.1 Å². The van der Waals surface area contributed by atoms with Crippen molar-refractivity contribution >= 4 is 11.1 Å². The minimum atomic E-state index is -0.309. The second-order valence-corrected chi connectivity index (χ2v) is 4.86. The van der Waals surface area contributed by atoms with Gasteiger partial charge in [0.25, 0.3) is 0 Å². The molecule has 3 heteroatoms. The van der Waals surface area contributed by atoms with Gasteiger partial charge in [0.15, 0.2) is 5.58 Å². The molecule has 0 amide bonds. The molecule has 15 heavy (non-hydrogen) atoms. The van der Waals surface area contributed by atoms with Gasteiger partial charge in [-0.25, -0.2) is 4.79 Å². The van der Waals surface area contributed by atoms with Crippen molar-refractivity contribution in [2.24, 2.45) is 7.05 Å². The molecule has 1 aromatic heterocycles. The lowest BCUT2D eigenvalue weighted by Crippen LogP contribution is -2.12. The Bertz CT molecular complexity index is 555. The molecule has 0 saturated carbocycles. The summed E-state index contributed by atoms with van der Waals surface area (Å²) in [5.41, 5.74) is 2.79. The van der Waals surface area contributed by atoms with Crippen LogP contribution in [-0.4, -0.2) is 4.57 Å². The highest BCUT2D eigenvalue weighted by atomic mass is 16.4. The van der Waals surface area contributed by atoms with Gasteiger partial charge in [0.05, 0.1) is 5.52 Å². The molecule has 1 aromatic carbocycles. The number of hydrogen-bond acceptors (Lipinski definition) is 2. The zero-order valence-electron chi connectivity index (χ0n) is 9.50. The van der Waals surface area contributed by atoms with E-state index in [2.05, 4.69) is 20.8 Å². The van der Waals surface area contributed by atoms with Gasteiger partial charge in [0.1, 0.15) is 0 Å². The lowest BCUT2D eigenvalue weighted by molar-refractivity contribution is 0.528. The highest BCUT2D eigenvalue weighted by molar-refractivity contribution is 5.74. The van der Waals surface area contributed by atoms with Crippen LogP contribution in [0.4, 0.5) is 0 Å². The Balaban J connectivity index is 2.75. The van der Waals surface area contributed by atoms with Crippen LogP contribution in [-0.2, 0) is 12.5 Å². The summed E-state index contributed by atoms with van der Waals surface area (Å²) >= 11 is 0. The summed E-state index contributed by atoms with van der Waals surface area (Å²) < 4.78 is 6.61. The first-order valence-corrected chi connectivity index (χ1v) is 4.99. The Morgan fingerprint density at radius 2 is 1.93 bits per heavy atom. The van der Waals surface area contributed by atoms with E-state index in [1.165, 1.54) is 10.1 Å². The SMILES string of the molecule is Cn1c(=O)oc2ccc(C(C)(C)C)cc21. The summed E-state index contributed by atoms with van der Waals surface area (Å²) in [6.45, 7) is 6.44. The standard InChI is InChI=1S/C12H15NO2/c1-12(2,3)8-5-6-10-9(7-8)13(4)11(14)15-10/h5-7H,1-4H3. The maximum atomic E-state index is 11.3. The molecular weight excluding hydrogens is 190 g/mol. The van der Waals surface area contributed by atoms with Crippen molar-refractivity contribution in [1.29, 1.82) is 0 Å². The first-order chi connectivity index (χ1) is 6.89. The van der Waals surface area contributed by atoms with Crippen LogP contribution in [0.5, 0.6) is 0 Å². The lowest BCUT2D eigenvalue weighted by atomic mass is 9.87. The Morgan fingerprint density at radius 3 is 2.53 bits per heavy atom. The van der Waals surface area contributed by atoms with E-state index in [9.17, 15) is 4.79 Å². The van der Waals surface area contributed by atoms with Crippen LogP contribution in [0.1, 0.15) is 26.3 Å². The van der Waals surface area contributed by atoms with Crippen molar-refractivity contribution in [3.8, 4) is 0 Å². The average Bonchev–Trinajstić information content (AvgIpc) is 2.41. The Hall–Kier alpha value is -1.51. The molecule has 0 spiro atoms. The van der Waals surface area contributed by atoms with E-state index in [4.69, 9.17) is 4.42 Å². The molecular formula is C12H15NO2. The van der Waals surface area contributed by atoms with Crippen molar-refractivity contribution < 1.29 is 4.42 Å². The largest absolute Gasteiger partial charge is 0.419 e. The molecule has 0 atom stereocenters. The molecule has 2 aromatic rings. The van der Waals surface area contributed by atoms with Gasteiger partial charge in [-0.05, 0) is 23.1 Å². The summed E-state index contributed by atoms with van der Waals surface area (Å²) in [5, 5.41) is 0. The predicted octanol–water partition coefficient (Wildman–Crippen LogP) is 2.43. The van der Waals surface area contributed by atoms with Gasteiger partial charge in [-0.1, -0.05) is 26.8 Å². The monoisotopic (exact) mass is 205 g/mol. The first kappa shape index (κ1) is 10.0. The van der Waals surface area contributed by atoms with E-state index in [-0.39, 0.29) is 11.2 Å². The van der Waals surface area contributed by atoms with Crippen LogP contribution < -0.4 is 5.76 Å². The van der Waals surface area contributed by atoms with Gasteiger partial charge in [-0.15, -0.1) is 0 Å². The summed E-state index contributed by atoms with van der Waals surface area (Å²) in [5.74, 6) is -0.309. The molecule has 0 saturated heterocycles. The maximum absolute atomic E-state index is 11.3. The third kappa shape index (κ3) is 1.58. The summed E-state index contributed by atoms with van der Waals surface area (Å²) in [7, 11) is 1.72. The predicted molar refractivity (Wildman–Crippen MR) is 60.2 cm³/mol. The molecule has 0 aliphatic heterocycles. The van der Waals surface area contributed by atoms with Gasteiger partial charge in [-0.3, -0.25) is 4.57 Å². The Morgan fingerprint density at radius 1 is 1.27 bits per heavy atom. The molecule has 0 unspecified atom stereocenters. The summed E-state index contributed by atoms with van der Waals surface area (Å²) in [4.78, 5) is 11.3. The van der Waals surface area contributed by atoms with Crippen molar-refractivity contribution in [2.75, 3.05) is 0 Å². The molecule has 80 valence electrons. The minimum Gasteiger partial charge on any atom is -0.408 e. The summed E-state index contributed by atoms with van der Waals surface area (Å²) in [6.07, 6.45) is 0. The molecule has 0 bridgehead atoms. The number of aryl methyl sites for hydroxylation is 1. The van der Waals surface area contributed by atoms with Gasteiger partial charge in [0.2, 0.25) is 0 Å². The molecule has 0 radical (unpaired) electrons. The zero-order chi connectivity index (χ0) is 11.2. The van der Waals surface area contributed by atoms with Gasteiger partial charge >= 0.3 is 5.76 Å². The van der Waals surface area contributed by atoms with E-state index < -0.39 is 0 Å². The molecule has 0 fully saturated rings. The summed E-state index contributed by atoms with van der Waals surface area (Å²) in [6, 6.07) is 5.88. The molecule has 1 heterocycles. The van der Waals surface area contributed by atoms with Crippen LogP contribution in [0.3, 0.4) is 0 Å². The fourth-order valence-electron chi connectivity index (χ4n) is 1.59. The quantitative estimate of drug-likeness (QED) is 0.662. The fourth-order valence-corrected chi connectivity index (χ4v) is 1.59. The van der Waals surface area contributed by atoms with E-state index >= 15 is 0 Å². The Labute approximate surface area is 88.3 Å². The first-order valence-electron chi connectivity index (χ1n) is 4.99. The van der Waals surface area contributed by atoms with E-state index in [0.29, 0.717) is 5.58 Å². The number of aromatic nitrogens is 1. The van der Waals surface area contributed by atoms with Gasteiger partial charge in [-0.2, -0.15) is 0 Å². The second kappa shape index (κ2) is 2.99. The molecule has 0 N–H and O–H groups in total. The van der Waals surface area contributed by atoms with Gasteiger partial charge in [0, 0.05) is 7.05 Å².